The summed E-state index contributed by atoms with van der Waals surface area (Å²) in [7, 11) is 0. The summed E-state index contributed by atoms with van der Waals surface area (Å²) >= 11 is 0. The maximum Gasteiger partial charge on any atom is 0.0840 e. The van der Waals surface area contributed by atoms with E-state index in [9.17, 15) is 0 Å². The van der Waals surface area contributed by atoms with Crippen molar-refractivity contribution in [2.24, 2.45) is 0 Å². The van der Waals surface area contributed by atoms with Crippen LogP contribution in [0.2, 0.25) is 0 Å². The third-order valence-corrected chi connectivity index (χ3v) is 1.93. The predicted octanol–water partition coefficient (Wildman–Crippen LogP) is 2.13. The van der Waals surface area contributed by atoms with Gasteiger partial charge in [0.2, 0.25) is 0 Å². The third-order valence-electron chi connectivity index (χ3n) is 1.93. The lowest BCUT2D eigenvalue weighted by Gasteiger charge is -2.20. The minimum Gasteiger partial charge on any atom is -0.367 e. The van der Waals surface area contributed by atoms with E-state index in [1.165, 1.54) is 5.57 Å². The van der Waals surface area contributed by atoms with Gasteiger partial charge in [0.05, 0.1) is 12.2 Å². The molecule has 0 aromatic rings. The predicted molar refractivity (Wildman–Crippen MR) is 38.4 cm³/mol. The van der Waals surface area contributed by atoms with Crippen LogP contribution in [0, 0.1) is 0 Å². The van der Waals surface area contributed by atoms with E-state index >= 15 is 0 Å². The zero-order valence-electron chi connectivity index (χ0n) is 6.40. The van der Waals surface area contributed by atoms with Gasteiger partial charge in [0.15, 0.2) is 0 Å². The van der Waals surface area contributed by atoms with Crippen molar-refractivity contribution in [3.05, 3.63) is 11.6 Å². The fraction of sp³-hybridized carbons (Fsp3) is 0.750. The minimum absolute atomic E-state index is 0.0226. The van der Waals surface area contributed by atoms with Crippen molar-refractivity contribution >= 4 is 0 Å². The zero-order chi connectivity index (χ0) is 6.91. The maximum absolute atomic E-state index is 5.45. The number of hydrogen-bond acceptors (Lipinski definition) is 1. The molecular weight excluding hydrogens is 112 g/mol. The highest BCUT2D eigenvalue weighted by Gasteiger charge is 2.26. The molecule has 1 nitrogen and oxygen atoms in total. The van der Waals surface area contributed by atoms with Crippen LogP contribution in [-0.2, 0) is 4.74 Å². The van der Waals surface area contributed by atoms with Crippen LogP contribution in [0.4, 0.5) is 0 Å². The van der Waals surface area contributed by atoms with Crippen LogP contribution in [0.5, 0.6) is 0 Å². The van der Waals surface area contributed by atoms with Gasteiger partial charge in [-0.05, 0) is 25.8 Å². The van der Waals surface area contributed by atoms with Gasteiger partial charge in [0, 0.05) is 0 Å². The Hall–Kier alpha value is -0.300. The van der Waals surface area contributed by atoms with Crippen molar-refractivity contribution in [1.29, 1.82) is 0 Å². The molecule has 1 heteroatoms. The quantitative estimate of drug-likeness (QED) is 0.489. The van der Waals surface area contributed by atoms with Gasteiger partial charge in [-0.3, -0.25) is 0 Å². The average Bonchev–Trinajstić information content (AvgIpc) is 2.08. The van der Waals surface area contributed by atoms with Gasteiger partial charge in [0.25, 0.3) is 0 Å². The smallest absolute Gasteiger partial charge is 0.0840 e. The summed E-state index contributed by atoms with van der Waals surface area (Å²) in [4.78, 5) is 0. The molecule has 52 valence electrons. The average molecular weight is 126 g/mol. The van der Waals surface area contributed by atoms with Crippen molar-refractivity contribution in [1.82, 2.24) is 0 Å². The van der Waals surface area contributed by atoms with Crippen LogP contribution in [0.3, 0.4) is 0 Å². The van der Waals surface area contributed by atoms with E-state index in [2.05, 4.69) is 26.8 Å². The van der Waals surface area contributed by atoms with E-state index in [1.807, 2.05) is 0 Å². The fourth-order valence-corrected chi connectivity index (χ4v) is 1.26. The molecule has 1 rings (SSSR count). The molecule has 9 heavy (non-hydrogen) atoms. The standard InChI is InChI=1S/C8H14O/c1-4-7-5-6-9-8(7,2)3/h5H,4,6H2,1-3H3. The summed E-state index contributed by atoms with van der Waals surface area (Å²) in [5.41, 5.74) is 1.46. The summed E-state index contributed by atoms with van der Waals surface area (Å²) in [6, 6.07) is 0. The number of hydrogen-bond donors (Lipinski definition) is 0. The lowest BCUT2D eigenvalue weighted by atomic mass is 9.98. The van der Waals surface area contributed by atoms with Crippen LogP contribution >= 0.6 is 0 Å². The SMILES string of the molecule is CCC1=CCOC1(C)C. The van der Waals surface area contributed by atoms with E-state index in [0.717, 1.165) is 13.0 Å². The molecule has 0 aliphatic carbocycles. The van der Waals surface area contributed by atoms with Crippen LogP contribution < -0.4 is 0 Å². The largest absolute Gasteiger partial charge is 0.367 e. The molecule has 0 unspecified atom stereocenters. The first-order valence-corrected chi connectivity index (χ1v) is 3.50. The monoisotopic (exact) mass is 126 g/mol. The molecule has 0 amide bonds. The molecule has 1 aliphatic heterocycles. The van der Waals surface area contributed by atoms with Gasteiger partial charge in [-0.25, -0.2) is 0 Å². The van der Waals surface area contributed by atoms with Crippen molar-refractivity contribution < 1.29 is 4.74 Å². The Kier molecular flexibility index (Phi) is 1.62. The van der Waals surface area contributed by atoms with Gasteiger partial charge < -0.3 is 4.74 Å². The summed E-state index contributed by atoms with van der Waals surface area (Å²) in [6.07, 6.45) is 3.30. The topological polar surface area (TPSA) is 9.23 Å². The molecule has 0 atom stereocenters. The number of ether oxygens (including phenoxy) is 1. The second kappa shape index (κ2) is 2.14. The van der Waals surface area contributed by atoms with E-state index in [4.69, 9.17) is 4.74 Å². The van der Waals surface area contributed by atoms with Gasteiger partial charge in [0.1, 0.15) is 0 Å². The first kappa shape index (κ1) is 6.81. The fourth-order valence-electron chi connectivity index (χ4n) is 1.26. The second-order valence-corrected chi connectivity index (χ2v) is 2.90. The van der Waals surface area contributed by atoms with Crippen LogP contribution in [0.1, 0.15) is 27.2 Å². The van der Waals surface area contributed by atoms with E-state index in [-0.39, 0.29) is 5.60 Å². The summed E-state index contributed by atoms with van der Waals surface area (Å²) in [5.74, 6) is 0. The van der Waals surface area contributed by atoms with E-state index in [1.54, 1.807) is 0 Å². The van der Waals surface area contributed by atoms with Crippen molar-refractivity contribution in [2.75, 3.05) is 6.61 Å². The van der Waals surface area contributed by atoms with E-state index in [0.29, 0.717) is 0 Å². The molecule has 0 radical (unpaired) electrons. The van der Waals surface area contributed by atoms with E-state index < -0.39 is 0 Å². The van der Waals surface area contributed by atoms with Crippen LogP contribution in [-0.4, -0.2) is 12.2 Å². The first-order chi connectivity index (χ1) is 4.17. The Balaban J connectivity index is 2.69. The van der Waals surface area contributed by atoms with Crippen LogP contribution in [0.25, 0.3) is 0 Å². The molecule has 0 aromatic heterocycles. The Morgan fingerprint density at radius 1 is 1.67 bits per heavy atom. The molecule has 0 N–H and O–H groups in total. The highest BCUT2D eigenvalue weighted by atomic mass is 16.5. The highest BCUT2D eigenvalue weighted by molar-refractivity contribution is 5.18. The molecule has 0 aromatic carbocycles. The lowest BCUT2D eigenvalue weighted by molar-refractivity contribution is 0.0483. The summed E-state index contributed by atoms with van der Waals surface area (Å²) < 4.78 is 5.45. The van der Waals surface area contributed by atoms with Crippen LogP contribution in [0.15, 0.2) is 11.6 Å². The summed E-state index contributed by atoms with van der Waals surface area (Å²) in [6.45, 7) is 7.21. The van der Waals surface area contributed by atoms with Crippen molar-refractivity contribution in [3.8, 4) is 0 Å². The first-order valence-electron chi connectivity index (χ1n) is 3.50. The highest BCUT2D eigenvalue weighted by Crippen LogP contribution is 2.27. The van der Waals surface area contributed by atoms with Gasteiger partial charge in [-0.1, -0.05) is 13.0 Å². The van der Waals surface area contributed by atoms with Crippen molar-refractivity contribution in [3.63, 3.8) is 0 Å². The lowest BCUT2D eigenvalue weighted by Crippen LogP contribution is -2.21. The zero-order valence-corrected chi connectivity index (χ0v) is 6.40. The Labute approximate surface area is 56.7 Å². The Morgan fingerprint density at radius 2 is 2.33 bits per heavy atom. The molecule has 0 saturated heterocycles. The van der Waals surface area contributed by atoms with Gasteiger partial charge >= 0.3 is 0 Å². The maximum atomic E-state index is 5.45. The minimum atomic E-state index is 0.0226. The Bertz CT molecular complexity index is 134. The molecule has 0 spiro atoms. The van der Waals surface area contributed by atoms with Gasteiger partial charge in [-0.15, -0.1) is 0 Å². The summed E-state index contributed by atoms with van der Waals surface area (Å²) in [5, 5.41) is 0. The van der Waals surface area contributed by atoms with Crippen molar-refractivity contribution in [2.45, 2.75) is 32.8 Å². The third kappa shape index (κ3) is 1.16. The molecule has 1 heterocycles. The normalized spacial score (nSPS) is 24.1. The molecule has 1 aliphatic rings. The van der Waals surface area contributed by atoms with Gasteiger partial charge in [-0.2, -0.15) is 0 Å². The second-order valence-electron chi connectivity index (χ2n) is 2.90. The number of rotatable bonds is 1. The molecule has 0 fully saturated rings. The molecule has 0 bridgehead atoms. The molecule has 0 saturated carbocycles. The Morgan fingerprint density at radius 3 is 2.56 bits per heavy atom. The molecular formula is C8H14O.